The fraction of sp³-hybridized carbons (Fsp3) is 0.526. The Morgan fingerprint density at radius 2 is 2.04 bits per heavy atom. The molecule has 25 heavy (non-hydrogen) atoms. The number of imidazole rings is 1. The average Bonchev–Trinajstić information content (AvgIpc) is 3.03. The average molecular weight is 342 g/mol. The van der Waals surface area contributed by atoms with E-state index in [1.165, 1.54) is 44.0 Å². The number of nitrogens with one attached hydrogen (secondary N) is 1. The Morgan fingerprint density at radius 3 is 2.72 bits per heavy atom. The summed E-state index contributed by atoms with van der Waals surface area (Å²) in [6, 6.07) is 3.97. The smallest absolute Gasteiger partial charge is 0.252 e. The molecule has 6 heteroatoms. The van der Waals surface area contributed by atoms with E-state index in [4.69, 9.17) is 4.74 Å². The van der Waals surface area contributed by atoms with Crippen LogP contribution in [-0.2, 0) is 6.42 Å². The molecule has 0 unspecified atom stereocenters. The van der Waals surface area contributed by atoms with Crippen LogP contribution in [0.15, 0.2) is 24.5 Å². The topological polar surface area (TPSA) is 69.0 Å². The van der Waals surface area contributed by atoms with Gasteiger partial charge in [-0.1, -0.05) is 19.3 Å². The highest BCUT2D eigenvalue weighted by Crippen LogP contribution is 2.30. The lowest BCUT2D eigenvalue weighted by Crippen LogP contribution is -2.27. The highest BCUT2D eigenvalue weighted by molar-refractivity contribution is 5.93. The van der Waals surface area contributed by atoms with Crippen molar-refractivity contribution in [3.8, 4) is 5.88 Å². The number of carbonyl (C=O) groups excluding carboxylic acids is 1. The SMILES string of the molecule is COc1ccc(C(=O)NCCc2ncc(C)n2C2CCCCC2)cn1. The largest absolute Gasteiger partial charge is 0.481 e. The molecule has 0 spiro atoms. The fourth-order valence-electron chi connectivity index (χ4n) is 3.54. The van der Waals surface area contributed by atoms with Gasteiger partial charge in [0.15, 0.2) is 0 Å². The Balaban J connectivity index is 1.57. The second-order valence-electron chi connectivity index (χ2n) is 6.57. The number of nitrogens with zero attached hydrogens (tertiary/aromatic N) is 3. The second kappa shape index (κ2) is 8.14. The van der Waals surface area contributed by atoms with Gasteiger partial charge in [0, 0.05) is 43.2 Å². The maximum atomic E-state index is 12.2. The van der Waals surface area contributed by atoms with E-state index in [0.717, 1.165) is 12.2 Å². The van der Waals surface area contributed by atoms with Crippen LogP contribution in [0, 0.1) is 6.92 Å². The van der Waals surface area contributed by atoms with Crippen molar-refractivity contribution >= 4 is 5.91 Å². The van der Waals surface area contributed by atoms with Gasteiger partial charge in [-0.2, -0.15) is 0 Å². The van der Waals surface area contributed by atoms with Gasteiger partial charge >= 0.3 is 0 Å². The maximum Gasteiger partial charge on any atom is 0.252 e. The number of pyridine rings is 1. The standard InChI is InChI=1S/C19H26N4O2/c1-14-12-21-17(23(14)16-6-4-3-5-7-16)10-11-20-19(24)15-8-9-18(25-2)22-13-15/h8-9,12-13,16H,3-7,10-11H2,1-2H3,(H,20,24). The van der Waals surface area contributed by atoms with Gasteiger partial charge < -0.3 is 14.6 Å². The number of aromatic nitrogens is 3. The number of methoxy groups -OCH3 is 1. The first kappa shape index (κ1) is 17.5. The van der Waals surface area contributed by atoms with Crippen molar-refractivity contribution in [1.82, 2.24) is 19.9 Å². The van der Waals surface area contributed by atoms with Crippen molar-refractivity contribution < 1.29 is 9.53 Å². The summed E-state index contributed by atoms with van der Waals surface area (Å²) in [5.41, 5.74) is 1.75. The van der Waals surface area contributed by atoms with E-state index in [1.807, 2.05) is 6.20 Å². The number of carbonyl (C=O) groups is 1. The molecule has 1 N–H and O–H groups in total. The Kier molecular flexibility index (Phi) is 5.68. The summed E-state index contributed by atoms with van der Waals surface area (Å²) < 4.78 is 7.38. The molecule has 1 aliphatic carbocycles. The third-order valence-corrected chi connectivity index (χ3v) is 4.84. The molecule has 1 aliphatic rings. The summed E-state index contributed by atoms with van der Waals surface area (Å²) >= 11 is 0. The third-order valence-electron chi connectivity index (χ3n) is 4.84. The van der Waals surface area contributed by atoms with Crippen LogP contribution in [-0.4, -0.2) is 34.1 Å². The molecule has 0 atom stereocenters. The minimum Gasteiger partial charge on any atom is -0.481 e. The normalized spacial score (nSPS) is 15.1. The second-order valence-corrected chi connectivity index (χ2v) is 6.57. The zero-order valence-corrected chi connectivity index (χ0v) is 15.0. The van der Waals surface area contributed by atoms with Crippen molar-refractivity contribution in [2.75, 3.05) is 13.7 Å². The zero-order valence-electron chi connectivity index (χ0n) is 15.0. The van der Waals surface area contributed by atoms with Crippen molar-refractivity contribution in [3.63, 3.8) is 0 Å². The van der Waals surface area contributed by atoms with Crippen LogP contribution in [0.4, 0.5) is 0 Å². The predicted octanol–water partition coefficient (Wildman–Crippen LogP) is 3.07. The van der Waals surface area contributed by atoms with Crippen molar-refractivity contribution in [2.24, 2.45) is 0 Å². The molecule has 134 valence electrons. The summed E-state index contributed by atoms with van der Waals surface area (Å²) in [4.78, 5) is 20.8. The molecule has 0 saturated heterocycles. The first-order chi connectivity index (χ1) is 12.2. The molecule has 2 heterocycles. The zero-order chi connectivity index (χ0) is 17.6. The van der Waals surface area contributed by atoms with Gasteiger partial charge in [-0.25, -0.2) is 9.97 Å². The number of aryl methyl sites for hydroxylation is 1. The van der Waals surface area contributed by atoms with Gasteiger partial charge in [-0.05, 0) is 25.8 Å². The van der Waals surface area contributed by atoms with Gasteiger partial charge in [-0.3, -0.25) is 4.79 Å². The molecule has 0 aliphatic heterocycles. The van der Waals surface area contributed by atoms with Crippen LogP contribution in [0.25, 0.3) is 0 Å². The Labute approximate surface area is 148 Å². The lowest BCUT2D eigenvalue weighted by Gasteiger charge is -2.26. The predicted molar refractivity (Wildman–Crippen MR) is 95.9 cm³/mol. The molecule has 1 fully saturated rings. The lowest BCUT2D eigenvalue weighted by atomic mass is 9.95. The highest BCUT2D eigenvalue weighted by atomic mass is 16.5. The van der Waals surface area contributed by atoms with E-state index in [1.54, 1.807) is 19.2 Å². The summed E-state index contributed by atoms with van der Waals surface area (Å²) in [5.74, 6) is 1.45. The van der Waals surface area contributed by atoms with Crippen molar-refractivity contribution in [1.29, 1.82) is 0 Å². The monoisotopic (exact) mass is 342 g/mol. The van der Waals surface area contributed by atoms with Gasteiger partial charge in [0.05, 0.1) is 12.7 Å². The molecule has 1 amide bonds. The fourth-order valence-corrected chi connectivity index (χ4v) is 3.54. The minimum atomic E-state index is -0.123. The van der Waals surface area contributed by atoms with Crippen LogP contribution in [0.1, 0.15) is 60.0 Å². The van der Waals surface area contributed by atoms with Crippen LogP contribution in [0.5, 0.6) is 5.88 Å². The molecule has 1 saturated carbocycles. The van der Waals surface area contributed by atoms with Gasteiger partial charge in [-0.15, -0.1) is 0 Å². The van der Waals surface area contributed by atoms with Crippen molar-refractivity contribution in [3.05, 3.63) is 41.6 Å². The number of hydrogen-bond acceptors (Lipinski definition) is 4. The molecule has 0 radical (unpaired) electrons. The van der Waals surface area contributed by atoms with Crippen molar-refractivity contribution in [2.45, 2.75) is 51.5 Å². The van der Waals surface area contributed by atoms with E-state index in [2.05, 4.69) is 26.8 Å². The van der Waals surface area contributed by atoms with Crippen LogP contribution in [0.2, 0.25) is 0 Å². The van der Waals surface area contributed by atoms with Gasteiger partial charge in [0.25, 0.3) is 5.91 Å². The van der Waals surface area contributed by atoms with E-state index in [-0.39, 0.29) is 5.91 Å². The van der Waals surface area contributed by atoms with E-state index in [0.29, 0.717) is 24.0 Å². The molecule has 2 aromatic rings. The molecule has 0 aromatic carbocycles. The molecular weight excluding hydrogens is 316 g/mol. The molecule has 6 nitrogen and oxygen atoms in total. The van der Waals surface area contributed by atoms with Crippen LogP contribution >= 0.6 is 0 Å². The maximum absolute atomic E-state index is 12.2. The summed E-state index contributed by atoms with van der Waals surface area (Å²) in [6.45, 7) is 2.68. The Bertz CT molecular complexity index is 703. The Hall–Kier alpha value is -2.37. The van der Waals surface area contributed by atoms with Crippen LogP contribution < -0.4 is 10.1 Å². The quantitative estimate of drug-likeness (QED) is 0.876. The lowest BCUT2D eigenvalue weighted by molar-refractivity contribution is 0.0953. The van der Waals surface area contributed by atoms with Gasteiger partial charge in [0.1, 0.15) is 5.82 Å². The van der Waals surface area contributed by atoms with Gasteiger partial charge in [0.2, 0.25) is 5.88 Å². The summed E-state index contributed by atoms with van der Waals surface area (Å²) in [5, 5.41) is 2.95. The number of hydrogen-bond donors (Lipinski definition) is 1. The third kappa shape index (κ3) is 4.18. The number of amides is 1. The molecular formula is C19H26N4O2. The molecule has 3 rings (SSSR count). The van der Waals surface area contributed by atoms with E-state index < -0.39 is 0 Å². The summed E-state index contributed by atoms with van der Waals surface area (Å²) in [6.07, 6.45) is 10.6. The number of rotatable bonds is 6. The first-order valence-electron chi connectivity index (χ1n) is 9.00. The van der Waals surface area contributed by atoms with E-state index in [9.17, 15) is 4.79 Å². The number of ether oxygens (including phenoxy) is 1. The molecule has 2 aromatic heterocycles. The Morgan fingerprint density at radius 1 is 1.24 bits per heavy atom. The highest BCUT2D eigenvalue weighted by Gasteiger charge is 2.19. The molecule has 0 bridgehead atoms. The summed E-state index contributed by atoms with van der Waals surface area (Å²) in [7, 11) is 1.55. The minimum absolute atomic E-state index is 0.123. The first-order valence-corrected chi connectivity index (χ1v) is 9.00. The van der Waals surface area contributed by atoms with Crippen LogP contribution in [0.3, 0.4) is 0 Å². The van der Waals surface area contributed by atoms with E-state index >= 15 is 0 Å².